The van der Waals surface area contributed by atoms with Gasteiger partial charge in [-0.15, -0.1) is 0 Å². The Balaban J connectivity index is 1.78. The number of amides is 1. The average molecular weight is 335 g/mol. The molecule has 25 heavy (non-hydrogen) atoms. The molecule has 3 rings (SSSR count). The molecule has 4 heteroatoms. The van der Waals surface area contributed by atoms with Crippen molar-refractivity contribution in [1.29, 1.82) is 0 Å². The van der Waals surface area contributed by atoms with Crippen molar-refractivity contribution in [3.8, 4) is 0 Å². The smallest absolute Gasteiger partial charge is 0.240 e. The van der Waals surface area contributed by atoms with E-state index in [0.717, 1.165) is 22.0 Å². The van der Waals surface area contributed by atoms with Crippen molar-refractivity contribution < 1.29 is 4.79 Å². The minimum Gasteiger partial charge on any atom is -0.361 e. The average Bonchev–Trinajstić information content (AvgIpc) is 3.05. The maximum atomic E-state index is 12.9. The van der Waals surface area contributed by atoms with Crippen molar-refractivity contribution in [2.45, 2.75) is 38.3 Å². The monoisotopic (exact) mass is 335 g/mol. The van der Waals surface area contributed by atoms with Crippen LogP contribution in [0.3, 0.4) is 0 Å². The van der Waals surface area contributed by atoms with Crippen molar-refractivity contribution in [3.05, 3.63) is 71.9 Å². The Morgan fingerprint density at radius 2 is 1.84 bits per heavy atom. The molecule has 4 nitrogen and oxygen atoms in total. The molecule has 3 aromatic rings. The highest BCUT2D eigenvalue weighted by atomic mass is 16.2. The van der Waals surface area contributed by atoms with Crippen molar-refractivity contribution in [1.82, 2.24) is 10.3 Å². The van der Waals surface area contributed by atoms with E-state index < -0.39 is 5.54 Å². The highest BCUT2D eigenvalue weighted by Crippen LogP contribution is 2.24. The molecule has 0 aliphatic heterocycles. The third-order valence-corrected chi connectivity index (χ3v) is 4.91. The van der Waals surface area contributed by atoms with E-state index in [9.17, 15) is 4.79 Å². The standard InChI is InChI=1S/C21H25N3O/c1-3-21(22,13-17-14-23-19-12-8-7-11-18(17)19)20(25)24-15(2)16-9-5-4-6-10-16/h4-12,14-15,23H,3,13,22H2,1-2H3,(H,24,25)/t15-,21+/m0/s1. The second kappa shape index (κ2) is 7.11. The van der Waals surface area contributed by atoms with Gasteiger partial charge in [-0.25, -0.2) is 0 Å². The van der Waals surface area contributed by atoms with Crippen LogP contribution in [0.15, 0.2) is 60.8 Å². The van der Waals surface area contributed by atoms with Crippen LogP contribution in [0.25, 0.3) is 10.9 Å². The lowest BCUT2D eigenvalue weighted by molar-refractivity contribution is -0.127. The number of para-hydroxylation sites is 1. The van der Waals surface area contributed by atoms with Crippen LogP contribution in [-0.4, -0.2) is 16.4 Å². The summed E-state index contributed by atoms with van der Waals surface area (Å²) >= 11 is 0. The number of carbonyl (C=O) groups is 1. The zero-order valence-corrected chi connectivity index (χ0v) is 14.8. The number of rotatable bonds is 6. The van der Waals surface area contributed by atoms with Crippen LogP contribution in [-0.2, 0) is 11.2 Å². The van der Waals surface area contributed by atoms with Gasteiger partial charge in [0.25, 0.3) is 0 Å². The van der Waals surface area contributed by atoms with E-state index in [-0.39, 0.29) is 11.9 Å². The van der Waals surface area contributed by atoms with Gasteiger partial charge in [-0.3, -0.25) is 4.79 Å². The molecule has 0 saturated carbocycles. The van der Waals surface area contributed by atoms with Crippen LogP contribution in [0.5, 0.6) is 0 Å². The van der Waals surface area contributed by atoms with E-state index in [0.29, 0.717) is 12.8 Å². The number of nitrogens with one attached hydrogen (secondary N) is 2. The maximum absolute atomic E-state index is 12.9. The van der Waals surface area contributed by atoms with Gasteiger partial charge in [0, 0.05) is 23.5 Å². The van der Waals surface area contributed by atoms with E-state index >= 15 is 0 Å². The van der Waals surface area contributed by atoms with Crippen LogP contribution < -0.4 is 11.1 Å². The Morgan fingerprint density at radius 1 is 1.16 bits per heavy atom. The summed E-state index contributed by atoms with van der Waals surface area (Å²) in [7, 11) is 0. The van der Waals surface area contributed by atoms with Gasteiger partial charge in [0.1, 0.15) is 0 Å². The summed E-state index contributed by atoms with van der Waals surface area (Å²) in [6, 6.07) is 17.9. The summed E-state index contributed by atoms with van der Waals surface area (Å²) in [5.41, 5.74) is 8.79. The zero-order valence-electron chi connectivity index (χ0n) is 14.8. The molecule has 0 unspecified atom stereocenters. The number of aromatic nitrogens is 1. The number of H-pyrrole nitrogens is 1. The van der Waals surface area contributed by atoms with Gasteiger partial charge in [0.15, 0.2) is 0 Å². The number of hydrogen-bond acceptors (Lipinski definition) is 2. The van der Waals surface area contributed by atoms with E-state index in [2.05, 4.69) is 16.4 Å². The van der Waals surface area contributed by atoms with Crippen LogP contribution >= 0.6 is 0 Å². The number of nitrogens with two attached hydrogens (primary N) is 1. The fourth-order valence-corrected chi connectivity index (χ4v) is 3.15. The van der Waals surface area contributed by atoms with Gasteiger partial charge < -0.3 is 16.0 Å². The molecule has 0 aliphatic carbocycles. The van der Waals surface area contributed by atoms with Gasteiger partial charge in [-0.1, -0.05) is 55.5 Å². The van der Waals surface area contributed by atoms with Crippen LogP contribution in [0.4, 0.5) is 0 Å². The number of benzene rings is 2. The van der Waals surface area contributed by atoms with Crippen LogP contribution in [0.2, 0.25) is 0 Å². The summed E-state index contributed by atoms with van der Waals surface area (Å²) in [5.74, 6) is -0.114. The first-order valence-corrected chi connectivity index (χ1v) is 8.73. The van der Waals surface area contributed by atoms with Gasteiger partial charge in [-0.05, 0) is 30.5 Å². The number of carbonyl (C=O) groups excluding carboxylic acids is 1. The third-order valence-electron chi connectivity index (χ3n) is 4.91. The lowest BCUT2D eigenvalue weighted by Gasteiger charge is -2.29. The highest BCUT2D eigenvalue weighted by Gasteiger charge is 2.33. The van der Waals surface area contributed by atoms with E-state index in [1.54, 1.807) is 0 Å². The highest BCUT2D eigenvalue weighted by molar-refractivity contribution is 5.89. The predicted molar refractivity (Wildman–Crippen MR) is 102 cm³/mol. The zero-order chi connectivity index (χ0) is 17.9. The molecular formula is C21H25N3O. The van der Waals surface area contributed by atoms with Crippen molar-refractivity contribution >= 4 is 16.8 Å². The quantitative estimate of drug-likeness (QED) is 0.643. The summed E-state index contributed by atoms with van der Waals surface area (Å²) in [4.78, 5) is 16.1. The fraction of sp³-hybridized carbons (Fsp3) is 0.286. The molecule has 2 atom stereocenters. The summed E-state index contributed by atoms with van der Waals surface area (Å²) in [6.45, 7) is 3.94. The maximum Gasteiger partial charge on any atom is 0.240 e. The molecule has 0 fully saturated rings. The van der Waals surface area contributed by atoms with Crippen molar-refractivity contribution in [3.63, 3.8) is 0 Å². The Labute approximate surface area is 148 Å². The van der Waals surface area contributed by atoms with Crippen LogP contribution in [0.1, 0.15) is 37.4 Å². The van der Waals surface area contributed by atoms with Gasteiger partial charge >= 0.3 is 0 Å². The Hall–Kier alpha value is -2.59. The molecule has 2 aromatic carbocycles. The first kappa shape index (κ1) is 17.2. The number of hydrogen-bond donors (Lipinski definition) is 3. The summed E-state index contributed by atoms with van der Waals surface area (Å²) < 4.78 is 0. The first-order chi connectivity index (χ1) is 12.0. The number of fused-ring (bicyclic) bond motifs is 1. The molecule has 0 aliphatic rings. The second-order valence-corrected chi connectivity index (χ2v) is 6.65. The second-order valence-electron chi connectivity index (χ2n) is 6.65. The molecule has 1 heterocycles. The molecule has 0 spiro atoms. The number of aromatic amines is 1. The lowest BCUT2D eigenvalue weighted by Crippen LogP contribution is -2.55. The lowest BCUT2D eigenvalue weighted by atomic mass is 9.87. The Morgan fingerprint density at radius 3 is 2.56 bits per heavy atom. The fourth-order valence-electron chi connectivity index (χ4n) is 3.15. The molecular weight excluding hydrogens is 310 g/mol. The molecule has 130 valence electrons. The normalized spacial score (nSPS) is 14.8. The Kier molecular flexibility index (Phi) is 4.91. The van der Waals surface area contributed by atoms with Gasteiger partial charge in [-0.2, -0.15) is 0 Å². The molecule has 1 amide bonds. The molecule has 0 saturated heterocycles. The van der Waals surface area contributed by atoms with E-state index in [1.807, 2.05) is 68.6 Å². The van der Waals surface area contributed by atoms with Gasteiger partial charge in [0.2, 0.25) is 5.91 Å². The predicted octanol–water partition coefficient (Wildman–Crippen LogP) is 3.70. The van der Waals surface area contributed by atoms with Gasteiger partial charge in [0.05, 0.1) is 11.6 Å². The van der Waals surface area contributed by atoms with E-state index in [1.165, 1.54) is 0 Å². The van der Waals surface area contributed by atoms with Crippen molar-refractivity contribution in [2.24, 2.45) is 5.73 Å². The summed E-state index contributed by atoms with van der Waals surface area (Å²) in [6.07, 6.45) is 3.02. The molecule has 0 radical (unpaired) electrons. The van der Waals surface area contributed by atoms with Crippen molar-refractivity contribution in [2.75, 3.05) is 0 Å². The molecule has 0 bridgehead atoms. The topological polar surface area (TPSA) is 70.9 Å². The van der Waals surface area contributed by atoms with Crippen LogP contribution in [0, 0.1) is 0 Å². The minimum atomic E-state index is -0.937. The third kappa shape index (κ3) is 3.59. The van der Waals surface area contributed by atoms with E-state index in [4.69, 9.17) is 5.73 Å². The largest absolute Gasteiger partial charge is 0.361 e. The summed E-state index contributed by atoms with van der Waals surface area (Å²) in [5, 5.41) is 4.19. The first-order valence-electron chi connectivity index (χ1n) is 8.73. The molecule has 1 aromatic heterocycles. The molecule has 4 N–H and O–H groups in total. The Bertz CT molecular complexity index is 856. The minimum absolute atomic E-state index is 0.0776. The SMILES string of the molecule is CC[C@@](N)(Cc1c[nH]c2ccccc12)C(=O)N[C@@H](C)c1ccccc1.